The summed E-state index contributed by atoms with van der Waals surface area (Å²) in [6.07, 6.45) is 2.46. The third kappa shape index (κ3) is 2.51. The summed E-state index contributed by atoms with van der Waals surface area (Å²) in [4.78, 5) is 0. The molecule has 2 rings (SSSR count). The minimum absolute atomic E-state index is 0.192. The van der Waals surface area contributed by atoms with E-state index in [0.717, 1.165) is 25.0 Å². The zero-order valence-corrected chi connectivity index (χ0v) is 10.7. The quantitative estimate of drug-likeness (QED) is 0.898. The number of benzene rings is 1. The molecule has 0 spiro atoms. The number of rotatable bonds is 3. The van der Waals surface area contributed by atoms with Gasteiger partial charge < -0.3 is 10.1 Å². The molecule has 0 aromatic heterocycles. The largest absolute Gasteiger partial charge is 0.376 e. The van der Waals surface area contributed by atoms with Crippen molar-refractivity contribution in [1.82, 2.24) is 5.32 Å². The zero-order valence-electron chi connectivity index (χ0n) is 9.17. The van der Waals surface area contributed by atoms with E-state index < -0.39 is 0 Å². The lowest BCUT2D eigenvalue weighted by molar-refractivity contribution is 0.0808. The highest BCUT2D eigenvalue weighted by atomic mass is 35.5. The first-order valence-electron chi connectivity index (χ1n) is 5.46. The Bertz CT molecular complexity index is 364. The molecule has 0 amide bonds. The van der Waals surface area contributed by atoms with Gasteiger partial charge in [-0.1, -0.05) is 29.3 Å². The molecule has 0 radical (unpaired) electrons. The molecule has 1 aromatic rings. The maximum atomic E-state index is 6.02. The first-order chi connectivity index (χ1) is 7.72. The fourth-order valence-electron chi connectivity index (χ4n) is 2.14. The average molecular weight is 260 g/mol. The van der Waals surface area contributed by atoms with Crippen LogP contribution in [0.2, 0.25) is 10.0 Å². The Kier molecular flexibility index (Phi) is 4.09. The molecular formula is C12H15Cl2NO. The van der Waals surface area contributed by atoms with Crippen molar-refractivity contribution >= 4 is 23.2 Å². The van der Waals surface area contributed by atoms with E-state index in [4.69, 9.17) is 27.9 Å². The van der Waals surface area contributed by atoms with Crippen LogP contribution >= 0.6 is 23.2 Å². The summed E-state index contributed by atoms with van der Waals surface area (Å²) in [5.74, 6) is 0. The van der Waals surface area contributed by atoms with E-state index in [9.17, 15) is 0 Å². The Morgan fingerprint density at radius 1 is 1.38 bits per heavy atom. The lowest BCUT2D eigenvalue weighted by atomic mass is 9.99. The van der Waals surface area contributed by atoms with Crippen molar-refractivity contribution < 1.29 is 4.74 Å². The van der Waals surface area contributed by atoms with E-state index in [0.29, 0.717) is 10.0 Å². The molecule has 1 heterocycles. The Balaban J connectivity index is 2.22. The SMILES string of the molecule is CNC(c1ccc(Cl)c(Cl)c1)C1CCCO1. The first-order valence-corrected chi connectivity index (χ1v) is 6.22. The lowest BCUT2D eigenvalue weighted by Crippen LogP contribution is -2.28. The maximum absolute atomic E-state index is 6.02. The molecule has 0 bridgehead atoms. The second-order valence-corrected chi connectivity index (χ2v) is 4.81. The summed E-state index contributed by atoms with van der Waals surface area (Å²) in [5.41, 5.74) is 1.13. The van der Waals surface area contributed by atoms with Gasteiger partial charge in [-0.15, -0.1) is 0 Å². The number of halogens is 2. The zero-order chi connectivity index (χ0) is 11.5. The van der Waals surface area contributed by atoms with Crippen LogP contribution in [0.4, 0.5) is 0 Å². The molecule has 1 saturated heterocycles. The van der Waals surface area contributed by atoms with E-state index in [1.807, 2.05) is 25.2 Å². The van der Waals surface area contributed by atoms with E-state index in [1.54, 1.807) is 0 Å². The summed E-state index contributed by atoms with van der Waals surface area (Å²) >= 11 is 11.9. The molecule has 0 saturated carbocycles. The van der Waals surface area contributed by atoms with Crippen molar-refractivity contribution in [1.29, 1.82) is 0 Å². The normalized spacial score (nSPS) is 22.3. The molecular weight excluding hydrogens is 245 g/mol. The van der Waals surface area contributed by atoms with Crippen LogP contribution in [0.3, 0.4) is 0 Å². The van der Waals surface area contributed by atoms with Crippen LogP contribution < -0.4 is 5.32 Å². The topological polar surface area (TPSA) is 21.3 Å². The van der Waals surface area contributed by atoms with Crippen molar-refractivity contribution in [2.75, 3.05) is 13.7 Å². The van der Waals surface area contributed by atoms with E-state index >= 15 is 0 Å². The molecule has 1 N–H and O–H groups in total. The predicted octanol–water partition coefficient (Wildman–Crippen LogP) is 3.43. The molecule has 2 nitrogen and oxygen atoms in total. The van der Waals surface area contributed by atoms with Gasteiger partial charge in [0, 0.05) is 6.61 Å². The highest BCUT2D eigenvalue weighted by Crippen LogP contribution is 2.30. The molecule has 1 aliphatic rings. The minimum atomic E-state index is 0.192. The van der Waals surface area contributed by atoms with Gasteiger partial charge in [-0.25, -0.2) is 0 Å². The van der Waals surface area contributed by atoms with Crippen LogP contribution in [0.5, 0.6) is 0 Å². The number of hydrogen-bond acceptors (Lipinski definition) is 2. The Hall–Kier alpha value is -0.280. The van der Waals surface area contributed by atoms with Gasteiger partial charge in [0.1, 0.15) is 0 Å². The first kappa shape index (κ1) is 12.2. The third-order valence-corrected chi connectivity index (χ3v) is 3.69. The number of ether oxygens (including phenoxy) is 1. The summed E-state index contributed by atoms with van der Waals surface area (Å²) in [5, 5.41) is 4.47. The lowest BCUT2D eigenvalue weighted by Gasteiger charge is -2.23. The van der Waals surface area contributed by atoms with Crippen molar-refractivity contribution in [3.63, 3.8) is 0 Å². The van der Waals surface area contributed by atoms with Gasteiger partial charge in [0.15, 0.2) is 0 Å². The smallest absolute Gasteiger partial charge is 0.0770 e. The van der Waals surface area contributed by atoms with Crippen LogP contribution in [0.15, 0.2) is 18.2 Å². The molecule has 1 aromatic carbocycles. The number of nitrogens with one attached hydrogen (secondary N) is 1. The van der Waals surface area contributed by atoms with Gasteiger partial charge in [-0.2, -0.15) is 0 Å². The summed E-state index contributed by atoms with van der Waals surface area (Å²) in [6.45, 7) is 0.851. The summed E-state index contributed by atoms with van der Waals surface area (Å²) < 4.78 is 5.69. The van der Waals surface area contributed by atoms with Gasteiger partial charge in [0.05, 0.1) is 22.2 Å². The van der Waals surface area contributed by atoms with Gasteiger partial charge in [-0.3, -0.25) is 0 Å². The summed E-state index contributed by atoms with van der Waals surface area (Å²) in [6, 6.07) is 5.93. The van der Waals surface area contributed by atoms with E-state index in [2.05, 4.69) is 5.32 Å². The second kappa shape index (κ2) is 5.37. The van der Waals surface area contributed by atoms with Crippen molar-refractivity contribution in [3.05, 3.63) is 33.8 Å². The molecule has 2 unspecified atom stereocenters. The van der Waals surface area contributed by atoms with Crippen LogP contribution in [0, 0.1) is 0 Å². The minimum Gasteiger partial charge on any atom is -0.376 e. The molecule has 1 fully saturated rings. The third-order valence-electron chi connectivity index (χ3n) is 2.95. The highest BCUT2D eigenvalue weighted by molar-refractivity contribution is 6.42. The molecule has 1 aliphatic heterocycles. The van der Waals surface area contributed by atoms with Crippen LogP contribution in [-0.2, 0) is 4.74 Å². The fraction of sp³-hybridized carbons (Fsp3) is 0.500. The Morgan fingerprint density at radius 2 is 2.19 bits per heavy atom. The van der Waals surface area contributed by atoms with Crippen LogP contribution in [0.25, 0.3) is 0 Å². The Morgan fingerprint density at radius 3 is 2.75 bits per heavy atom. The van der Waals surface area contributed by atoms with E-state index in [1.165, 1.54) is 0 Å². The van der Waals surface area contributed by atoms with Gasteiger partial charge >= 0.3 is 0 Å². The van der Waals surface area contributed by atoms with Crippen LogP contribution in [0.1, 0.15) is 24.4 Å². The van der Waals surface area contributed by atoms with Gasteiger partial charge in [0.2, 0.25) is 0 Å². The van der Waals surface area contributed by atoms with Gasteiger partial charge in [-0.05, 0) is 37.6 Å². The monoisotopic (exact) mass is 259 g/mol. The number of likely N-dealkylation sites (N-methyl/N-ethyl adjacent to an activating group) is 1. The second-order valence-electron chi connectivity index (χ2n) is 3.99. The van der Waals surface area contributed by atoms with Crippen LogP contribution in [-0.4, -0.2) is 19.8 Å². The average Bonchev–Trinajstić information content (AvgIpc) is 2.78. The molecule has 2 atom stereocenters. The highest BCUT2D eigenvalue weighted by Gasteiger charge is 2.26. The van der Waals surface area contributed by atoms with Gasteiger partial charge in [0.25, 0.3) is 0 Å². The van der Waals surface area contributed by atoms with E-state index in [-0.39, 0.29) is 12.1 Å². The molecule has 0 aliphatic carbocycles. The standard InChI is InChI=1S/C12H15Cl2NO/c1-15-12(11-3-2-6-16-11)8-4-5-9(13)10(14)7-8/h4-5,7,11-12,15H,2-3,6H2,1H3. The van der Waals surface area contributed by atoms with Crippen molar-refractivity contribution in [3.8, 4) is 0 Å². The fourth-order valence-corrected chi connectivity index (χ4v) is 2.45. The summed E-state index contributed by atoms with van der Waals surface area (Å²) in [7, 11) is 1.94. The molecule has 88 valence electrons. The number of hydrogen-bond donors (Lipinski definition) is 1. The maximum Gasteiger partial charge on any atom is 0.0770 e. The molecule has 4 heteroatoms. The van der Waals surface area contributed by atoms with Crippen molar-refractivity contribution in [2.24, 2.45) is 0 Å². The Labute approximate surface area is 106 Å². The van der Waals surface area contributed by atoms with Crippen molar-refractivity contribution in [2.45, 2.75) is 25.0 Å². The predicted molar refractivity (Wildman–Crippen MR) is 67.2 cm³/mol. The molecule has 16 heavy (non-hydrogen) atoms.